The molecular formula is C11H12ClN3O. The summed E-state index contributed by atoms with van der Waals surface area (Å²) in [5.74, 6) is -0.385. The largest absolute Gasteiger partial charge is 0.334 e. The molecule has 1 aromatic heterocycles. The van der Waals surface area contributed by atoms with Gasteiger partial charge in [0.25, 0.3) is 5.91 Å². The molecule has 0 aliphatic rings. The fourth-order valence-electron chi connectivity index (χ4n) is 1.06. The number of nitrogens with one attached hydrogen (secondary N) is 1. The molecule has 1 aromatic rings. The first-order chi connectivity index (χ1) is 7.52. The van der Waals surface area contributed by atoms with Gasteiger partial charge in [0.1, 0.15) is 5.54 Å². The smallest absolute Gasteiger partial charge is 0.255 e. The molecule has 84 valence electrons. The minimum atomic E-state index is -0.879. The number of pyridine rings is 1. The summed E-state index contributed by atoms with van der Waals surface area (Å²) >= 11 is 5.85. The van der Waals surface area contributed by atoms with Crippen LogP contribution in [0.5, 0.6) is 0 Å². The number of hydrogen-bond acceptors (Lipinski definition) is 3. The number of nitriles is 1. The molecule has 16 heavy (non-hydrogen) atoms. The predicted molar refractivity (Wildman–Crippen MR) is 61.0 cm³/mol. The van der Waals surface area contributed by atoms with Crippen molar-refractivity contribution in [1.29, 1.82) is 5.26 Å². The zero-order chi connectivity index (χ0) is 12.2. The van der Waals surface area contributed by atoms with E-state index < -0.39 is 5.54 Å². The highest BCUT2D eigenvalue weighted by Crippen LogP contribution is 2.15. The van der Waals surface area contributed by atoms with Crippen molar-refractivity contribution in [3.8, 4) is 6.07 Å². The Morgan fingerprint density at radius 3 is 2.94 bits per heavy atom. The number of rotatable bonds is 3. The van der Waals surface area contributed by atoms with Gasteiger partial charge in [-0.3, -0.25) is 9.78 Å². The number of amides is 1. The molecule has 1 N–H and O–H groups in total. The molecule has 0 fully saturated rings. The summed E-state index contributed by atoms with van der Waals surface area (Å²) in [6.45, 7) is 3.49. The Hall–Kier alpha value is -1.60. The molecule has 0 saturated heterocycles. The van der Waals surface area contributed by atoms with E-state index in [1.54, 1.807) is 6.92 Å². The van der Waals surface area contributed by atoms with Crippen molar-refractivity contribution < 1.29 is 4.79 Å². The van der Waals surface area contributed by atoms with E-state index in [2.05, 4.69) is 16.4 Å². The van der Waals surface area contributed by atoms with E-state index in [1.807, 2.05) is 6.92 Å². The quantitative estimate of drug-likeness (QED) is 0.876. The van der Waals surface area contributed by atoms with Crippen LogP contribution in [0.1, 0.15) is 30.6 Å². The second kappa shape index (κ2) is 4.95. The van der Waals surface area contributed by atoms with Crippen molar-refractivity contribution in [1.82, 2.24) is 10.3 Å². The van der Waals surface area contributed by atoms with Crippen molar-refractivity contribution in [2.24, 2.45) is 0 Å². The van der Waals surface area contributed by atoms with E-state index >= 15 is 0 Å². The van der Waals surface area contributed by atoms with Crippen LogP contribution in [0.4, 0.5) is 0 Å². The Morgan fingerprint density at radius 1 is 1.75 bits per heavy atom. The highest BCUT2D eigenvalue weighted by Gasteiger charge is 2.25. The van der Waals surface area contributed by atoms with Crippen molar-refractivity contribution >= 4 is 17.5 Å². The van der Waals surface area contributed by atoms with Crippen LogP contribution in [0.25, 0.3) is 0 Å². The third-order valence-electron chi connectivity index (χ3n) is 2.36. The summed E-state index contributed by atoms with van der Waals surface area (Å²) in [7, 11) is 0. The normalized spacial score (nSPS) is 13.6. The van der Waals surface area contributed by atoms with E-state index in [4.69, 9.17) is 16.9 Å². The van der Waals surface area contributed by atoms with Gasteiger partial charge < -0.3 is 5.32 Å². The molecule has 1 unspecified atom stereocenters. The summed E-state index contributed by atoms with van der Waals surface area (Å²) in [6, 6.07) is 3.59. The number of hydrogen-bond donors (Lipinski definition) is 1. The molecule has 1 amide bonds. The summed E-state index contributed by atoms with van der Waals surface area (Å²) in [5, 5.41) is 11.9. The molecule has 4 nitrogen and oxygen atoms in total. The maximum absolute atomic E-state index is 11.8. The molecule has 1 atom stereocenters. The maximum Gasteiger partial charge on any atom is 0.255 e. The lowest BCUT2D eigenvalue weighted by Crippen LogP contribution is -2.44. The minimum absolute atomic E-state index is 0.277. The minimum Gasteiger partial charge on any atom is -0.334 e. The molecule has 0 saturated carbocycles. The van der Waals surface area contributed by atoms with Crippen molar-refractivity contribution in [2.75, 3.05) is 0 Å². The fraction of sp³-hybridized carbons (Fsp3) is 0.364. The summed E-state index contributed by atoms with van der Waals surface area (Å²) in [4.78, 5) is 15.6. The van der Waals surface area contributed by atoms with Gasteiger partial charge in [0.15, 0.2) is 0 Å². The van der Waals surface area contributed by atoms with Gasteiger partial charge in [-0.1, -0.05) is 18.5 Å². The van der Waals surface area contributed by atoms with E-state index in [0.717, 1.165) is 0 Å². The molecule has 0 radical (unpaired) electrons. The zero-order valence-electron chi connectivity index (χ0n) is 9.12. The standard InChI is InChI=1S/C11H12ClN3O/c1-3-11(2,7-13)15-10(16)8-6-14-5-4-9(8)12/h4-6H,3H2,1-2H3,(H,15,16). The van der Waals surface area contributed by atoms with Gasteiger partial charge in [0.2, 0.25) is 0 Å². The zero-order valence-corrected chi connectivity index (χ0v) is 9.88. The lowest BCUT2D eigenvalue weighted by molar-refractivity contribution is 0.0923. The van der Waals surface area contributed by atoms with Crippen LogP contribution in [0.2, 0.25) is 5.02 Å². The maximum atomic E-state index is 11.8. The van der Waals surface area contributed by atoms with Crippen LogP contribution >= 0.6 is 11.6 Å². The predicted octanol–water partition coefficient (Wildman–Crippen LogP) is 2.16. The van der Waals surface area contributed by atoms with Gasteiger partial charge in [0.05, 0.1) is 16.7 Å². The molecule has 1 rings (SSSR count). The van der Waals surface area contributed by atoms with Gasteiger partial charge in [-0.15, -0.1) is 0 Å². The van der Waals surface area contributed by atoms with E-state index in [0.29, 0.717) is 11.4 Å². The van der Waals surface area contributed by atoms with Crippen LogP contribution in [0.15, 0.2) is 18.5 Å². The first-order valence-electron chi connectivity index (χ1n) is 4.85. The SMILES string of the molecule is CCC(C)(C#N)NC(=O)c1cnccc1Cl. The lowest BCUT2D eigenvalue weighted by atomic mass is 10.0. The first kappa shape index (κ1) is 12.5. The first-order valence-corrected chi connectivity index (χ1v) is 5.23. The molecule has 5 heteroatoms. The van der Waals surface area contributed by atoms with Crippen LogP contribution in [-0.2, 0) is 0 Å². The number of halogens is 1. The molecule has 0 aromatic carbocycles. The Bertz CT molecular complexity index is 441. The Kier molecular flexibility index (Phi) is 3.86. The molecule has 0 aliphatic carbocycles. The number of carbonyl (C=O) groups excluding carboxylic acids is 1. The average molecular weight is 238 g/mol. The Labute approximate surface area is 99.2 Å². The van der Waals surface area contributed by atoms with Crippen molar-refractivity contribution in [3.63, 3.8) is 0 Å². The van der Waals surface area contributed by atoms with Crippen LogP contribution in [-0.4, -0.2) is 16.4 Å². The highest BCUT2D eigenvalue weighted by molar-refractivity contribution is 6.33. The van der Waals surface area contributed by atoms with Crippen molar-refractivity contribution in [2.45, 2.75) is 25.8 Å². The van der Waals surface area contributed by atoms with Crippen LogP contribution in [0.3, 0.4) is 0 Å². The van der Waals surface area contributed by atoms with Crippen LogP contribution < -0.4 is 5.32 Å². The summed E-state index contributed by atoms with van der Waals surface area (Å²) in [5.41, 5.74) is -0.602. The fourth-order valence-corrected chi connectivity index (χ4v) is 1.25. The van der Waals surface area contributed by atoms with Gasteiger partial charge in [-0.05, 0) is 19.4 Å². The van der Waals surface area contributed by atoms with Gasteiger partial charge in [-0.25, -0.2) is 0 Å². The highest BCUT2D eigenvalue weighted by atomic mass is 35.5. The molecule has 0 spiro atoms. The second-order valence-corrected chi connectivity index (χ2v) is 4.01. The van der Waals surface area contributed by atoms with Gasteiger partial charge >= 0.3 is 0 Å². The van der Waals surface area contributed by atoms with Crippen molar-refractivity contribution in [3.05, 3.63) is 29.0 Å². The number of aromatic nitrogens is 1. The topological polar surface area (TPSA) is 65.8 Å². The number of nitrogens with zero attached hydrogens (tertiary/aromatic N) is 2. The molecule has 1 heterocycles. The van der Waals surface area contributed by atoms with E-state index in [1.165, 1.54) is 18.5 Å². The molecular weight excluding hydrogens is 226 g/mol. The lowest BCUT2D eigenvalue weighted by Gasteiger charge is -2.21. The molecule has 0 aliphatic heterocycles. The molecule has 0 bridgehead atoms. The number of carbonyl (C=O) groups is 1. The van der Waals surface area contributed by atoms with E-state index in [-0.39, 0.29) is 11.5 Å². The average Bonchev–Trinajstić information content (AvgIpc) is 2.29. The Morgan fingerprint density at radius 2 is 2.44 bits per heavy atom. The summed E-state index contributed by atoms with van der Waals surface area (Å²) in [6.07, 6.45) is 3.40. The summed E-state index contributed by atoms with van der Waals surface area (Å²) < 4.78 is 0. The monoisotopic (exact) mass is 237 g/mol. The third kappa shape index (κ3) is 2.71. The Balaban J connectivity index is 2.90. The van der Waals surface area contributed by atoms with Gasteiger partial charge in [-0.2, -0.15) is 5.26 Å². The van der Waals surface area contributed by atoms with Crippen LogP contribution in [0, 0.1) is 11.3 Å². The van der Waals surface area contributed by atoms with E-state index in [9.17, 15) is 4.79 Å². The second-order valence-electron chi connectivity index (χ2n) is 3.61. The third-order valence-corrected chi connectivity index (χ3v) is 2.69. The van der Waals surface area contributed by atoms with Gasteiger partial charge in [0, 0.05) is 12.4 Å².